The molecule has 4 heteroatoms. The maximum absolute atomic E-state index is 6.14. The summed E-state index contributed by atoms with van der Waals surface area (Å²) in [6.07, 6.45) is 0.110. The molecule has 0 fully saturated rings. The smallest absolute Gasteiger partial charge is 0.139 e. The molecule has 0 saturated carbocycles. The molecule has 0 spiro atoms. The van der Waals surface area contributed by atoms with E-state index in [0.717, 1.165) is 16.8 Å². The first-order valence-corrected chi connectivity index (χ1v) is 7.42. The minimum atomic E-state index is 0.110. The highest BCUT2D eigenvalue weighted by atomic mass is 79.9. The molecule has 1 unspecified atom stereocenters. The van der Waals surface area contributed by atoms with Crippen molar-refractivity contribution in [2.45, 2.75) is 39.8 Å². The van der Waals surface area contributed by atoms with Gasteiger partial charge in [-0.15, -0.1) is 0 Å². The lowest BCUT2D eigenvalue weighted by molar-refractivity contribution is 0.146. The van der Waals surface area contributed by atoms with Gasteiger partial charge in [0.15, 0.2) is 0 Å². The Bertz CT molecular complexity index is 382. The highest BCUT2D eigenvalue weighted by molar-refractivity contribution is 9.10. The Kier molecular flexibility index (Phi) is 6.47. The van der Waals surface area contributed by atoms with Crippen LogP contribution < -0.4 is 10.1 Å². The molecule has 1 N–H and O–H groups in total. The summed E-state index contributed by atoms with van der Waals surface area (Å²) in [7, 11) is 0. The first-order valence-electron chi connectivity index (χ1n) is 6.25. The van der Waals surface area contributed by atoms with Crippen LogP contribution in [-0.4, -0.2) is 18.7 Å². The van der Waals surface area contributed by atoms with Crippen LogP contribution in [0.5, 0.6) is 5.75 Å². The summed E-state index contributed by atoms with van der Waals surface area (Å²) < 4.78 is 6.99. The number of ether oxygens (including phenoxy) is 1. The van der Waals surface area contributed by atoms with Crippen LogP contribution in [0.25, 0.3) is 0 Å². The van der Waals surface area contributed by atoms with Gasteiger partial charge in [0.1, 0.15) is 11.9 Å². The lowest BCUT2D eigenvalue weighted by Crippen LogP contribution is -2.38. The van der Waals surface area contributed by atoms with Gasteiger partial charge in [-0.3, -0.25) is 0 Å². The molecule has 0 aliphatic carbocycles. The number of benzene rings is 1. The third-order valence-electron chi connectivity index (χ3n) is 2.64. The molecule has 0 heterocycles. The van der Waals surface area contributed by atoms with Gasteiger partial charge in [-0.2, -0.15) is 0 Å². The molecular formula is C14H21BrClNO. The molecule has 1 aromatic rings. The van der Waals surface area contributed by atoms with Crippen LogP contribution in [0.15, 0.2) is 22.7 Å². The van der Waals surface area contributed by atoms with E-state index in [1.165, 1.54) is 0 Å². The molecule has 2 nitrogen and oxygen atoms in total. The van der Waals surface area contributed by atoms with Crippen molar-refractivity contribution in [3.63, 3.8) is 0 Å². The second kappa shape index (κ2) is 7.37. The van der Waals surface area contributed by atoms with Gasteiger partial charge in [-0.1, -0.05) is 55.2 Å². The fraction of sp³-hybridized carbons (Fsp3) is 0.571. The van der Waals surface area contributed by atoms with Crippen LogP contribution in [0.1, 0.15) is 27.7 Å². The highest BCUT2D eigenvalue weighted by Crippen LogP contribution is 2.29. The third-order valence-corrected chi connectivity index (χ3v) is 3.45. The maximum atomic E-state index is 6.14. The Morgan fingerprint density at radius 2 is 1.94 bits per heavy atom. The van der Waals surface area contributed by atoms with Crippen LogP contribution in [0.3, 0.4) is 0 Å². The molecule has 0 saturated heterocycles. The van der Waals surface area contributed by atoms with E-state index >= 15 is 0 Å². The van der Waals surface area contributed by atoms with Gasteiger partial charge in [0, 0.05) is 17.1 Å². The van der Waals surface area contributed by atoms with Crippen molar-refractivity contribution in [2.24, 2.45) is 5.92 Å². The average molecular weight is 335 g/mol. The quantitative estimate of drug-likeness (QED) is 0.827. The molecule has 1 atom stereocenters. The standard InChI is InChI=1S/C14H21BrClNO/c1-9(2)14(8-17-10(3)4)18-13-7-11(15)5-6-12(13)16/h5-7,9-10,14,17H,8H2,1-4H3. The molecule has 18 heavy (non-hydrogen) atoms. The molecule has 0 aromatic heterocycles. The second-order valence-electron chi connectivity index (χ2n) is 5.04. The van der Waals surface area contributed by atoms with Crippen LogP contribution in [0.2, 0.25) is 5.02 Å². The minimum Gasteiger partial charge on any atom is -0.487 e. The summed E-state index contributed by atoms with van der Waals surface area (Å²) in [5.41, 5.74) is 0. The van der Waals surface area contributed by atoms with Gasteiger partial charge in [-0.05, 0) is 24.1 Å². The van der Waals surface area contributed by atoms with Crippen molar-refractivity contribution in [3.05, 3.63) is 27.7 Å². The molecule has 0 aliphatic rings. The van der Waals surface area contributed by atoms with E-state index in [1.807, 2.05) is 18.2 Å². The van der Waals surface area contributed by atoms with E-state index in [9.17, 15) is 0 Å². The maximum Gasteiger partial charge on any atom is 0.139 e. The lowest BCUT2D eigenvalue weighted by Gasteiger charge is -2.24. The Morgan fingerprint density at radius 1 is 1.28 bits per heavy atom. The SMILES string of the molecule is CC(C)NCC(Oc1cc(Br)ccc1Cl)C(C)C. The first kappa shape index (κ1) is 15.8. The predicted molar refractivity (Wildman–Crippen MR) is 81.5 cm³/mol. The third kappa shape index (κ3) is 5.17. The highest BCUT2D eigenvalue weighted by Gasteiger charge is 2.17. The van der Waals surface area contributed by atoms with E-state index in [4.69, 9.17) is 16.3 Å². The van der Waals surface area contributed by atoms with E-state index in [-0.39, 0.29) is 6.10 Å². The summed E-state index contributed by atoms with van der Waals surface area (Å²) in [4.78, 5) is 0. The largest absolute Gasteiger partial charge is 0.487 e. The molecular weight excluding hydrogens is 314 g/mol. The van der Waals surface area contributed by atoms with Crippen molar-refractivity contribution >= 4 is 27.5 Å². The van der Waals surface area contributed by atoms with Gasteiger partial charge in [0.25, 0.3) is 0 Å². The normalized spacial score (nSPS) is 13.1. The summed E-state index contributed by atoms with van der Waals surface area (Å²) in [5.74, 6) is 1.15. The molecule has 1 rings (SSSR count). The van der Waals surface area contributed by atoms with E-state index in [0.29, 0.717) is 17.0 Å². The Hall–Kier alpha value is -0.250. The summed E-state index contributed by atoms with van der Waals surface area (Å²) >= 11 is 9.57. The van der Waals surface area contributed by atoms with Crippen LogP contribution in [0, 0.1) is 5.92 Å². The van der Waals surface area contributed by atoms with E-state index in [2.05, 4.69) is 48.9 Å². The van der Waals surface area contributed by atoms with Crippen LogP contribution >= 0.6 is 27.5 Å². The monoisotopic (exact) mass is 333 g/mol. The summed E-state index contributed by atoms with van der Waals surface area (Å²) in [5, 5.41) is 4.05. The average Bonchev–Trinajstić information content (AvgIpc) is 2.28. The molecule has 0 bridgehead atoms. The number of hydrogen-bond acceptors (Lipinski definition) is 2. The molecule has 0 amide bonds. The van der Waals surface area contributed by atoms with Crippen LogP contribution in [0.4, 0.5) is 0 Å². The Labute approximate surface area is 123 Å². The van der Waals surface area contributed by atoms with Crippen molar-refractivity contribution < 1.29 is 4.74 Å². The minimum absolute atomic E-state index is 0.110. The van der Waals surface area contributed by atoms with Gasteiger partial charge in [0.05, 0.1) is 5.02 Å². The van der Waals surface area contributed by atoms with Gasteiger partial charge in [0.2, 0.25) is 0 Å². The Balaban J connectivity index is 2.73. The fourth-order valence-electron chi connectivity index (χ4n) is 1.50. The van der Waals surface area contributed by atoms with E-state index < -0.39 is 0 Å². The Morgan fingerprint density at radius 3 is 2.50 bits per heavy atom. The zero-order chi connectivity index (χ0) is 13.7. The zero-order valence-electron chi connectivity index (χ0n) is 11.3. The predicted octanol–water partition coefficient (Wildman–Crippen LogP) is 4.50. The summed E-state index contributed by atoms with van der Waals surface area (Å²) in [6.45, 7) is 9.38. The van der Waals surface area contributed by atoms with Crippen molar-refractivity contribution in [1.29, 1.82) is 0 Å². The van der Waals surface area contributed by atoms with Crippen molar-refractivity contribution in [1.82, 2.24) is 5.32 Å². The molecule has 102 valence electrons. The first-order chi connectivity index (χ1) is 8.40. The summed E-state index contributed by atoms with van der Waals surface area (Å²) in [6, 6.07) is 6.11. The number of halogens is 2. The molecule has 0 radical (unpaired) electrons. The number of rotatable bonds is 6. The fourth-order valence-corrected chi connectivity index (χ4v) is 2.00. The van der Waals surface area contributed by atoms with Gasteiger partial charge < -0.3 is 10.1 Å². The number of nitrogens with one attached hydrogen (secondary N) is 1. The van der Waals surface area contributed by atoms with Crippen molar-refractivity contribution in [2.75, 3.05) is 6.54 Å². The van der Waals surface area contributed by atoms with Crippen molar-refractivity contribution in [3.8, 4) is 5.75 Å². The van der Waals surface area contributed by atoms with E-state index in [1.54, 1.807) is 0 Å². The lowest BCUT2D eigenvalue weighted by atomic mass is 10.1. The number of hydrogen-bond donors (Lipinski definition) is 1. The van der Waals surface area contributed by atoms with Gasteiger partial charge in [-0.25, -0.2) is 0 Å². The zero-order valence-corrected chi connectivity index (χ0v) is 13.7. The topological polar surface area (TPSA) is 21.3 Å². The van der Waals surface area contributed by atoms with Gasteiger partial charge >= 0.3 is 0 Å². The molecule has 1 aromatic carbocycles. The second-order valence-corrected chi connectivity index (χ2v) is 6.36. The molecule has 0 aliphatic heterocycles. The van der Waals surface area contributed by atoms with Crippen LogP contribution in [-0.2, 0) is 0 Å².